The molecule has 3 nitrogen and oxygen atoms in total. The van der Waals surface area contributed by atoms with E-state index in [1.165, 1.54) is 6.42 Å². The highest BCUT2D eigenvalue weighted by molar-refractivity contribution is 6.60. The zero-order valence-corrected chi connectivity index (χ0v) is 17.1. The van der Waals surface area contributed by atoms with Gasteiger partial charge in [-0.3, -0.25) is 4.79 Å². The van der Waals surface area contributed by atoms with E-state index in [1.54, 1.807) is 6.92 Å². The first kappa shape index (κ1) is 18.5. The van der Waals surface area contributed by atoms with Gasteiger partial charge in [0.25, 0.3) is 0 Å². The van der Waals surface area contributed by atoms with Crippen LogP contribution in [0.2, 0.25) is 0 Å². The summed E-state index contributed by atoms with van der Waals surface area (Å²) in [4.78, 5) is 11.8. The van der Waals surface area contributed by atoms with Crippen molar-refractivity contribution in [2.24, 2.45) is 17.3 Å². The number of carbonyl (C=O) groups excluding carboxylic acids is 1. The van der Waals surface area contributed by atoms with Gasteiger partial charge in [0, 0.05) is 5.56 Å². The molecule has 3 unspecified atom stereocenters. The van der Waals surface area contributed by atoms with Crippen molar-refractivity contribution in [3.63, 3.8) is 0 Å². The Morgan fingerprint density at radius 1 is 1.35 bits per heavy atom. The molecule has 0 N–H and O–H groups in total. The molecule has 0 amide bonds. The molecular formula is C21H28BClO3. The minimum atomic E-state index is -0.387. The first-order valence-electron chi connectivity index (χ1n) is 9.71. The molecule has 4 aliphatic rings. The van der Waals surface area contributed by atoms with Gasteiger partial charge < -0.3 is 9.31 Å². The molecular weight excluding hydrogens is 346 g/mol. The van der Waals surface area contributed by atoms with Crippen LogP contribution in [0.5, 0.6) is 0 Å². The van der Waals surface area contributed by atoms with Gasteiger partial charge in [-0.25, -0.2) is 0 Å². The van der Waals surface area contributed by atoms with Crippen LogP contribution in [0.1, 0.15) is 62.0 Å². The van der Waals surface area contributed by atoms with E-state index in [9.17, 15) is 4.79 Å². The van der Waals surface area contributed by atoms with E-state index in [0.717, 1.165) is 29.0 Å². The molecule has 1 heterocycles. The molecule has 0 spiro atoms. The molecule has 4 fully saturated rings. The Balaban J connectivity index is 1.50. The zero-order valence-electron chi connectivity index (χ0n) is 16.3. The Morgan fingerprint density at radius 3 is 2.73 bits per heavy atom. The minimum Gasteiger partial charge on any atom is -0.404 e. The molecule has 0 radical (unpaired) electrons. The third-order valence-corrected chi connectivity index (χ3v) is 7.86. The third kappa shape index (κ3) is 2.60. The van der Waals surface area contributed by atoms with E-state index in [-0.39, 0.29) is 29.9 Å². The van der Waals surface area contributed by atoms with E-state index in [2.05, 4.69) is 20.8 Å². The van der Waals surface area contributed by atoms with Gasteiger partial charge in [0.2, 0.25) is 0 Å². The number of rotatable bonds is 4. The van der Waals surface area contributed by atoms with Gasteiger partial charge in [-0.15, -0.1) is 11.6 Å². The van der Waals surface area contributed by atoms with E-state index in [4.69, 9.17) is 20.9 Å². The largest absolute Gasteiger partial charge is 0.477 e. The second kappa shape index (κ2) is 6.08. The fourth-order valence-corrected chi connectivity index (χ4v) is 5.92. The van der Waals surface area contributed by atoms with Crippen LogP contribution in [-0.4, -0.2) is 29.9 Å². The molecule has 5 heteroatoms. The number of alkyl halides is 1. The lowest BCUT2D eigenvalue weighted by atomic mass is 9.43. The molecule has 1 aromatic carbocycles. The number of hydrogen-bond acceptors (Lipinski definition) is 3. The minimum absolute atomic E-state index is 0.0874. The predicted octanol–water partition coefficient (Wildman–Crippen LogP) is 4.62. The quantitative estimate of drug-likeness (QED) is 0.438. The average molecular weight is 375 g/mol. The molecule has 2 bridgehead atoms. The number of carbonyl (C=O) groups is 1. The molecule has 140 valence electrons. The molecule has 3 aliphatic carbocycles. The van der Waals surface area contributed by atoms with Gasteiger partial charge in [0.1, 0.15) is 0 Å². The second-order valence-corrected chi connectivity index (χ2v) is 9.76. The Morgan fingerprint density at radius 2 is 2.08 bits per heavy atom. The Bertz CT molecular complexity index is 749. The Hall–Kier alpha value is -0.835. The van der Waals surface area contributed by atoms with Crippen LogP contribution in [-0.2, 0) is 15.7 Å². The molecule has 5 atom stereocenters. The number of hydrogen-bond donors (Lipinski definition) is 0. The maximum absolute atomic E-state index is 11.8. The van der Waals surface area contributed by atoms with Gasteiger partial charge in [0.05, 0.1) is 17.0 Å². The van der Waals surface area contributed by atoms with Gasteiger partial charge in [0.15, 0.2) is 5.78 Å². The highest BCUT2D eigenvalue weighted by Gasteiger charge is 2.68. The highest BCUT2D eigenvalue weighted by Crippen LogP contribution is 2.65. The van der Waals surface area contributed by atoms with Gasteiger partial charge in [-0.05, 0) is 68.4 Å². The number of benzene rings is 1. The lowest BCUT2D eigenvalue weighted by Crippen LogP contribution is -2.65. The molecule has 3 saturated carbocycles. The maximum atomic E-state index is 11.8. The Labute approximate surface area is 161 Å². The molecule has 1 saturated heterocycles. The van der Waals surface area contributed by atoms with Crippen LogP contribution < -0.4 is 0 Å². The zero-order chi connectivity index (χ0) is 18.9. The monoisotopic (exact) mass is 374 g/mol. The molecule has 5 rings (SSSR count). The van der Waals surface area contributed by atoms with Crippen molar-refractivity contribution in [3.8, 4) is 0 Å². The van der Waals surface area contributed by atoms with Crippen LogP contribution in [0.3, 0.4) is 0 Å². The summed E-state index contributed by atoms with van der Waals surface area (Å²) in [6.07, 6.45) is 3.09. The summed E-state index contributed by atoms with van der Waals surface area (Å²) in [6, 6.07) is 5.84. The van der Waals surface area contributed by atoms with Crippen LogP contribution in [0.25, 0.3) is 0 Å². The highest BCUT2D eigenvalue weighted by atomic mass is 35.5. The molecule has 1 aliphatic heterocycles. The van der Waals surface area contributed by atoms with Crippen molar-refractivity contribution >= 4 is 24.5 Å². The lowest BCUT2D eigenvalue weighted by Gasteiger charge is -2.64. The topological polar surface area (TPSA) is 35.5 Å². The smallest absolute Gasteiger partial charge is 0.404 e. The summed E-state index contributed by atoms with van der Waals surface area (Å²) in [6.45, 7) is 10.5. The fourth-order valence-electron chi connectivity index (χ4n) is 5.65. The summed E-state index contributed by atoms with van der Waals surface area (Å²) in [5, 5.41) is -0.265. The van der Waals surface area contributed by atoms with Crippen LogP contribution in [0, 0.1) is 24.2 Å². The van der Waals surface area contributed by atoms with Crippen LogP contribution in [0.4, 0.5) is 0 Å². The van der Waals surface area contributed by atoms with Gasteiger partial charge in [-0.1, -0.05) is 32.0 Å². The third-order valence-electron chi connectivity index (χ3n) is 7.50. The summed E-state index contributed by atoms with van der Waals surface area (Å²) < 4.78 is 12.8. The Kier molecular flexibility index (Phi) is 4.34. The average Bonchev–Trinajstić information content (AvgIpc) is 2.93. The molecule has 26 heavy (non-hydrogen) atoms. The molecule has 0 aromatic heterocycles. The van der Waals surface area contributed by atoms with Crippen molar-refractivity contribution in [1.29, 1.82) is 0 Å². The van der Waals surface area contributed by atoms with Crippen molar-refractivity contribution in [1.82, 2.24) is 0 Å². The normalized spacial score (nSPS) is 35.6. The maximum Gasteiger partial charge on any atom is 0.477 e. The summed E-state index contributed by atoms with van der Waals surface area (Å²) in [5.74, 6) is 1.36. The first-order chi connectivity index (χ1) is 12.1. The van der Waals surface area contributed by atoms with E-state index in [1.807, 2.05) is 25.1 Å². The van der Waals surface area contributed by atoms with Crippen molar-refractivity contribution in [3.05, 3.63) is 34.9 Å². The van der Waals surface area contributed by atoms with E-state index >= 15 is 0 Å². The number of halogens is 1. The van der Waals surface area contributed by atoms with E-state index < -0.39 is 0 Å². The fraction of sp³-hybridized carbons (Fsp3) is 0.667. The molecule has 1 aromatic rings. The second-order valence-electron chi connectivity index (χ2n) is 9.20. The first-order valence-corrected chi connectivity index (χ1v) is 10.1. The van der Waals surface area contributed by atoms with Gasteiger partial charge >= 0.3 is 7.12 Å². The van der Waals surface area contributed by atoms with E-state index in [0.29, 0.717) is 17.8 Å². The van der Waals surface area contributed by atoms with Gasteiger partial charge in [-0.2, -0.15) is 0 Å². The van der Waals surface area contributed by atoms with Crippen molar-refractivity contribution < 1.29 is 14.1 Å². The van der Waals surface area contributed by atoms with Crippen LogP contribution in [0.15, 0.2) is 18.2 Å². The summed E-state index contributed by atoms with van der Waals surface area (Å²) in [7, 11) is -0.387. The number of Topliss-reactive ketones (excluding diaryl/α,β-unsaturated/α-hetero) is 1. The van der Waals surface area contributed by atoms with Crippen molar-refractivity contribution in [2.75, 3.05) is 0 Å². The predicted molar refractivity (Wildman–Crippen MR) is 105 cm³/mol. The van der Waals surface area contributed by atoms with Crippen molar-refractivity contribution in [2.45, 2.75) is 70.9 Å². The number of ketones is 1. The van der Waals surface area contributed by atoms with Crippen LogP contribution >= 0.6 is 11.6 Å². The summed E-state index contributed by atoms with van der Waals surface area (Å²) in [5.41, 5.74) is 2.97. The summed E-state index contributed by atoms with van der Waals surface area (Å²) >= 11 is 6.75. The SMILES string of the molecule is CC(=O)c1cccc(C[C@@H](Cl)B2OC3CC4CC(C4(C)C)[C@]3(C)O2)c1C. The standard InChI is InChI=1S/C21H28BClO3/c1-12-14(7-6-8-16(12)13(2)24)9-19(23)22-25-18-11-15-10-17(20(15,3)4)21(18,5)26-22/h6-8,15,17-19H,9-11H2,1-5H3/t15?,17?,18?,19-,21+/m1/s1. The lowest BCUT2D eigenvalue weighted by molar-refractivity contribution is -0.199.